The molecule has 7 nitrogen and oxygen atoms in total. The Kier molecular flexibility index (Phi) is 6.93. The lowest BCUT2D eigenvalue weighted by Gasteiger charge is -2.23. The van der Waals surface area contributed by atoms with Crippen molar-refractivity contribution in [1.29, 1.82) is 0 Å². The SMILES string of the molecule is CC(NC(=O)Nc1ccccc1)C(=O)OC(C)C(=O)N(C)c1ccccc1. The van der Waals surface area contributed by atoms with Crippen LogP contribution in [0.3, 0.4) is 0 Å². The molecule has 0 spiro atoms. The molecule has 0 saturated heterocycles. The van der Waals surface area contributed by atoms with Crippen LogP contribution in [0.15, 0.2) is 60.7 Å². The lowest BCUT2D eigenvalue weighted by Crippen LogP contribution is -2.45. The predicted molar refractivity (Wildman–Crippen MR) is 103 cm³/mol. The number of urea groups is 1. The molecule has 142 valence electrons. The van der Waals surface area contributed by atoms with Gasteiger partial charge in [0.15, 0.2) is 6.10 Å². The minimum absolute atomic E-state index is 0.365. The van der Waals surface area contributed by atoms with Gasteiger partial charge >= 0.3 is 12.0 Å². The lowest BCUT2D eigenvalue weighted by atomic mass is 10.2. The first-order valence-corrected chi connectivity index (χ1v) is 8.54. The van der Waals surface area contributed by atoms with E-state index >= 15 is 0 Å². The maximum absolute atomic E-state index is 12.4. The first-order chi connectivity index (χ1) is 12.9. The molecule has 0 saturated carbocycles. The number of anilines is 2. The molecule has 0 aliphatic heterocycles. The molecular weight excluding hydrogens is 346 g/mol. The first-order valence-electron chi connectivity index (χ1n) is 8.54. The molecule has 0 aliphatic carbocycles. The van der Waals surface area contributed by atoms with Crippen LogP contribution in [0.25, 0.3) is 0 Å². The molecule has 0 fully saturated rings. The molecule has 2 rings (SSSR count). The molecule has 3 amide bonds. The molecule has 2 aromatic carbocycles. The van der Waals surface area contributed by atoms with E-state index in [4.69, 9.17) is 4.74 Å². The maximum Gasteiger partial charge on any atom is 0.329 e. The third-order valence-corrected chi connectivity index (χ3v) is 3.85. The average molecular weight is 369 g/mol. The smallest absolute Gasteiger partial charge is 0.329 e. The zero-order valence-electron chi connectivity index (χ0n) is 15.5. The Morgan fingerprint density at radius 1 is 0.926 bits per heavy atom. The van der Waals surface area contributed by atoms with Crippen molar-refractivity contribution in [2.75, 3.05) is 17.3 Å². The van der Waals surface area contributed by atoms with Gasteiger partial charge in [-0.15, -0.1) is 0 Å². The summed E-state index contributed by atoms with van der Waals surface area (Å²) in [4.78, 5) is 37.9. The van der Waals surface area contributed by atoms with Crippen LogP contribution in [0.4, 0.5) is 16.2 Å². The van der Waals surface area contributed by atoms with Crippen molar-refractivity contribution in [3.8, 4) is 0 Å². The van der Waals surface area contributed by atoms with E-state index in [1.807, 2.05) is 24.3 Å². The minimum Gasteiger partial charge on any atom is -0.451 e. The molecule has 0 radical (unpaired) electrons. The van der Waals surface area contributed by atoms with Crippen LogP contribution in [0, 0.1) is 0 Å². The van der Waals surface area contributed by atoms with Crippen LogP contribution in [-0.2, 0) is 14.3 Å². The van der Waals surface area contributed by atoms with Gasteiger partial charge in [0, 0.05) is 18.4 Å². The van der Waals surface area contributed by atoms with Gasteiger partial charge in [-0.1, -0.05) is 36.4 Å². The normalized spacial score (nSPS) is 12.4. The summed E-state index contributed by atoms with van der Waals surface area (Å²) >= 11 is 0. The van der Waals surface area contributed by atoms with E-state index in [0.29, 0.717) is 11.4 Å². The number of nitrogens with one attached hydrogen (secondary N) is 2. The number of nitrogens with zero attached hydrogens (tertiary/aromatic N) is 1. The fourth-order valence-electron chi connectivity index (χ4n) is 2.32. The summed E-state index contributed by atoms with van der Waals surface area (Å²) < 4.78 is 5.20. The van der Waals surface area contributed by atoms with Crippen LogP contribution < -0.4 is 15.5 Å². The number of hydrogen-bond acceptors (Lipinski definition) is 4. The molecular formula is C20H23N3O4. The summed E-state index contributed by atoms with van der Waals surface area (Å²) in [7, 11) is 1.61. The lowest BCUT2D eigenvalue weighted by molar-refractivity contribution is -0.155. The highest BCUT2D eigenvalue weighted by atomic mass is 16.5. The Hall–Kier alpha value is -3.35. The zero-order chi connectivity index (χ0) is 19.8. The number of para-hydroxylation sites is 2. The Bertz CT molecular complexity index is 780. The van der Waals surface area contributed by atoms with Gasteiger partial charge < -0.3 is 20.3 Å². The highest BCUT2D eigenvalue weighted by molar-refractivity contribution is 5.97. The molecule has 2 unspecified atom stereocenters. The third-order valence-electron chi connectivity index (χ3n) is 3.85. The van der Waals surface area contributed by atoms with Crippen LogP contribution in [-0.4, -0.2) is 37.1 Å². The number of hydrogen-bond donors (Lipinski definition) is 2. The Morgan fingerprint density at radius 2 is 1.48 bits per heavy atom. The van der Waals surface area contributed by atoms with E-state index in [1.165, 1.54) is 18.7 Å². The number of carbonyl (C=O) groups is 3. The van der Waals surface area contributed by atoms with Gasteiger partial charge in [-0.2, -0.15) is 0 Å². The van der Waals surface area contributed by atoms with Crippen molar-refractivity contribution in [2.24, 2.45) is 0 Å². The Balaban J connectivity index is 1.85. The second-order valence-electron chi connectivity index (χ2n) is 6.00. The number of amides is 3. The molecule has 2 atom stereocenters. The summed E-state index contributed by atoms with van der Waals surface area (Å²) in [6.07, 6.45) is -0.982. The van der Waals surface area contributed by atoms with Gasteiger partial charge in [-0.05, 0) is 38.1 Å². The zero-order valence-corrected chi connectivity index (χ0v) is 15.5. The average Bonchev–Trinajstić information content (AvgIpc) is 2.68. The largest absolute Gasteiger partial charge is 0.451 e. The minimum atomic E-state index is -0.982. The summed E-state index contributed by atoms with van der Waals surface area (Å²) in [5.74, 6) is -1.06. The molecule has 0 aliphatic rings. The topological polar surface area (TPSA) is 87.7 Å². The van der Waals surface area contributed by atoms with Gasteiger partial charge in [0.1, 0.15) is 6.04 Å². The van der Waals surface area contributed by atoms with E-state index in [0.717, 1.165) is 0 Å². The number of esters is 1. The quantitative estimate of drug-likeness (QED) is 0.767. The fraction of sp³-hybridized carbons (Fsp3) is 0.250. The Labute approximate surface area is 158 Å². The summed E-state index contributed by atoms with van der Waals surface area (Å²) in [6.45, 7) is 2.99. The molecule has 0 bridgehead atoms. The molecule has 27 heavy (non-hydrogen) atoms. The Morgan fingerprint density at radius 3 is 2.07 bits per heavy atom. The fourth-order valence-corrected chi connectivity index (χ4v) is 2.32. The maximum atomic E-state index is 12.4. The van der Waals surface area contributed by atoms with Gasteiger partial charge in [0.2, 0.25) is 0 Å². The van der Waals surface area contributed by atoms with E-state index in [9.17, 15) is 14.4 Å². The first kappa shape index (κ1) is 20.0. The molecule has 0 aromatic heterocycles. The number of ether oxygens (including phenoxy) is 1. The van der Waals surface area contributed by atoms with Crippen molar-refractivity contribution < 1.29 is 19.1 Å². The van der Waals surface area contributed by atoms with E-state index in [-0.39, 0.29) is 5.91 Å². The summed E-state index contributed by atoms with van der Waals surface area (Å²) in [6, 6.07) is 16.4. The van der Waals surface area contributed by atoms with Gasteiger partial charge in [0.05, 0.1) is 0 Å². The third kappa shape index (κ3) is 5.85. The van der Waals surface area contributed by atoms with Crippen molar-refractivity contribution in [3.05, 3.63) is 60.7 Å². The van der Waals surface area contributed by atoms with Gasteiger partial charge in [-0.25, -0.2) is 9.59 Å². The number of carbonyl (C=O) groups excluding carboxylic acids is 3. The van der Waals surface area contributed by atoms with Crippen molar-refractivity contribution in [1.82, 2.24) is 5.32 Å². The van der Waals surface area contributed by atoms with Crippen LogP contribution in [0.1, 0.15) is 13.8 Å². The van der Waals surface area contributed by atoms with E-state index in [2.05, 4.69) is 10.6 Å². The highest BCUT2D eigenvalue weighted by Gasteiger charge is 2.25. The van der Waals surface area contributed by atoms with Crippen LogP contribution in [0.5, 0.6) is 0 Å². The second-order valence-corrected chi connectivity index (χ2v) is 6.00. The van der Waals surface area contributed by atoms with E-state index < -0.39 is 24.1 Å². The molecule has 2 aromatic rings. The summed E-state index contributed by atoms with van der Waals surface area (Å²) in [5.41, 5.74) is 1.29. The monoisotopic (exact) mass is 369 g/mol. The molecule has 7 heteroatoms. The van der Waals surface area contributed by atoms with Crippen LogP contribution in [0.2, 0.25) is 0 Å². The van der Waals surface area contributed by atoms with Crippen molar-refractivity contribution >= 4 is 29.3 Å². The standard InChI is InChI=1S/C20H23N3O4/c1-14(21-20(26)22-16-10-6-4-7-11-16)19(25)27-15(2)18(24)23(3)17-12-8-5-9-13-17/h4-15H,1-3H3,(H2,21,22,26). The summed E-state index contributed by atoms with van der Waals surface area (Å²) in [5, 5.41) is 5.09. The van der Waals surface area contributed by atoms with Gasteiger partial charge in [-0.3, -0.25) is 4.79 Å². The second kappa shape index (κ2) is 9.38. The highest BCUT2D eigenvalue weighted by Crippen LogP contribution is 2.13. The number of benzene rings is 2. The predicted octanol–water partition coefficient (Wildman–Crippen LogP) is 2.79. The van der Waals surface area contributed by atoms with Gasteiger partial charge in [0.25, 0.3) is 5.91 Å². The molecule has 0 heterocycles. The van der Waals surface area contributed by atoms with Crippen LogP contribution >= 0.6 is 0 Å². The number of rotatable bonds is 6. The van der Waals surface area contributed by atoms with Crippen molar-refractivity contribution in [2.45, 2.75) is 26.0 Å². The van der Waals surface area contributed by atoms with Crippen molar-refractivity contribution in [3.63, 3.8) is 0 Å². The molecule has 2 N–H and O–H groups in total. The number of likely N-dealkylation sites (N-methyl/N-ethyl adjacent to an activating group) is 1. The van der Waals surface area contributed by atoms with E-state index in [1.54, 1.807) is 43.4 Å².